The van der Waals surface area contributed by atoms with Gasteiger partial charge in [0.1, 0.15) is 11.9 Å². The number of ether oxygens (including phenoxy) is 2. The van der Waals surface area contributed by atoms with Gasteiger partial charge in [-0.2, -0.15) is 0 Å². The number of amidine groups is 1. The molecule has 0 bridgehead atoms. The van der Waals surface area contributed by atoms with E-state index in [0.29, 0.717) is 53.9 Å². The highest BCUT2D eigenvalue weighted by molar-refractivity contribution is 7.11. The van der Waals surface area contributed by atoms with Crippen molar-refractivity contribution in [3.63, 3.8) is 0 Å². The smallest absolute Gasteiger partial charge is 0.339 e. The summed E-state index contributed by atoms with van der Waals surface area (Å²) in [6.45, 7) is 3.02. The van der Waals surface area contributed by atoms with Gasteiger partial charge in [-0.1, -0.05) is 17.7 Å². The predicted molar refractivity (Wildman–Crippen MR) is 150 cm³/mol. The van der Waals surface area contributed by atoms with E-state index in [-0.39, 0.29) is 23.7 Å². The number of carbonyl (C=O) groups excluding carboxylic acids is 2. The maximum atomic E-state index is 14.6. The minimum Gasteiger partial charge on any atom is -0.465 e. The van der Waals surface area contributed by atoms with E-state index in [1.807, 2.05) is 0 Å². The van der Waals surface area contributed by atoms with Crippen molar-refractivity contribution in [2.24, 2.45) is 10.9 Å². The molecule has 9 nitrogen and oxygen atoms in total. The molecule has 13 heteroatoms. The lowest BCUT2D eigenvalue weighted by Crippen LogP contribution is -2.41. The Labute approximate surface area is 243 Å². The van der Waals surface area contributed by atoms with Gasteiger partial charge in [0.05, 0.1) is 29.9 Å². The molecule has 214 valence electrons. The number of nitrogens with zero attached hydrogens (tertiary/aromatic N) is 4. The van der Waals surface area contributed by atoms with Gasteiger partial charge >= 0.3 is 11.9 Å². The zero-order valence-electron chi connectivity index (χ0n) is 22.2. The van der Waals surface area contributed by atoms with Crippen LogP contribution in [0.15, 0.2) is 58.3 Å². The highest BCUT2D eigenvalue weighted by Gasteiger charge is 2.38. The van der Waals surface area contributed by atoms with Crippen LogP contribution in [0, 0.1) is 17.6 Å². The number of pyridine rings is 1. The molecule has 1 aromatic carbocycles. The van der Waals surface area contributed by atoms with Gasteiger partial charge < -0.3 is 19.7 Å². The fraction of sp³-hybridized carbons (Fsp3) is 0.321. The number of carbonyl (C=O) groups is 2. The van der Waals surface area contributed by atoms with E-state index in [2.05, 4.69) is 20.2 Å². The second-order valence-electron chi connectivity index (χ2n) is 9.31. The number of piperidine rings is 1. The van der Waals surface area contributed by atoms with Crippen molar-refractivity contribution in [1.29, 1.82) is 0 Å². The van der Waals surface area contributed by atoms with Crippen molar-refractivity contribution in [3.05, 3.63) is 86.1 Å². The van der Waals surface area contributed by atoms with Crippen LogP contribution < -0.4 is 10.2 Å². The first kappa shape index (κ1) is 28.6. The lowest BCUT2D eigenvalue weighted by molar-refractivity contribution is -0.139. The normalized spacial score (nSPS) is 17.6. The average molecular weight is 602 g/mol. The number of aliphatic imine (C=N–C) groups is 1. The van der Waals surface area contributed by atoms with Gasteiger partial charge in [-0.15, -0.1) is 11.3 Å². The Morgan fingerprint density at radius 1 is 1.15 bits per heavy atom. The number of anilines is 1. The maximum absolute atomic E-state index is 14.6. The summed E-state index contributed by atoms with van der Waals surface area (Å²) in [5.74, 6) is -2.41. The zero-order valence-corrected chi connectivity index (χ0v) is 23.8. The molecule has 4 heterocycles. The van der Waals surface area contributed by atoms with Gasteiger partial charge in [-0.25, -0.2) is 28.3 Å². The van der Waals surface area contributed by atoms with Crippen LogP contribution in [0.3, 0.4) is 0 Å². The molecule has 1 N–H and O–H groups in total. The molecule has 1 fully saturated rings. The average Bonchev–Trinajstić information content (AvgIpc) is 3.55. The van der Waals surface area contributed by atoms with Crippen molar-refractivity contribution in [2.75, 3.05) is 31.7 Å². The fourth-order valence-corrected chi connectivity index (χ4v) is 5.80. The highest BCUT2D eigenvalue weighted by Crippen LogP contribution is 2.41. The summed E-state index contributed by atoms with van der Waals surface area (Å²) in [5, 5.41) is 5.24. The number of hydrogen-bond donors (Lipinski definition) is 1. The first-order chi connectivity index (χ1) is 19.8. The molecule has 2 aliphatic rings. The number of nitrogens with one attached hydrogen (secondary N) is 1. The first-order valence-electron chi connectivity index (χ1n) is 12.9. The van der Waals surface area contributed by atoms with Crippen molar-refractivity contribution in [1.82, 2.24) is 15.3 Å². The van der Waals surface area contributed by atoms with Gasteiger partial charge in [-0.05, 0) is 38.0 Å². The van der Waals surface area contributed by atoms with E-state index in [1.165, 1.54) is 30.7 Å². The van der Waals surface area contributed by atoms with Gasteiger partial charge in [0.15, 0.2) is 22.5 Å². The molecule has 2 aliphatic heterocycles. The molecule has 41 heavy (non-hydrogen) atoms. The van der Waals surface area contributed by atoms with Gasteiger partial charge in [0.25, 0.3) is 0 Å². The van der Waals surface area contributed by atoms with E-state index in [9.17, 15) is 18.4 Å². The maximum Gasteiger partial charge on any atom is 0.339 e. The fourth-order valence-electron chi connectivity index (χ4n) is 4.96. The third-order valence-corrected chi connectivity index (χ3v) is 8.12. The molecule has 5 rings (SSSR count). The molecule has 0 radical (unpaired) electrons. The summed E-state index contributed by atoms with van der Waals surface area (Å²) in [5.41, 5.74) is 1.29. The summed E-state index contributed by atoms with van der Waals surface area (Å²) in [4.78, 5) is 40.7. The van der Waals surface area contributed by atoms with Crippen molar-refractivity contribution < 1.29 is 27.8 Å². The minimum atomic E-state index is -1.21. The number of hydrogen-bond acceptors (Lipinski definition) is 10. The quantitative estimate of drug-likeness (QED) is 0.295. The Balaban J connectivity index is 1.50. The van der Waals surface area contributed by atoms with Crippen LogP contribution in [0.4, 0.5) is 14.6 Å². The number of methoxy groups -OCH3 is 1. The molecular weight excluding hydrogens is 576 g/mol. The monoisotopic (exact) mass is 601 g/mol. The molecule has 1 saturated heterocycles. The van der Waals surface area contributed by atoms with Crippen LogP contribution >= 0.6 is 22.9 Å². The Bertz CT molecular complexity index is 1510. The van der Waals surface area contributed by atoms with Crippen molar-refractivity contribution in [3.8, 4) is 0 Å². The number of aromatic nitrogens is 2. The number of allylic oxidation sites excluding steroid dienone is 1. The van der Waals surface area contributed by atoms with Crippen LogP contribution in [-0.2, 0) is 14.3 Å². The standard InChI is InChI=1S/C28H26ClF2N5O4S/c1-3-40-28(38)20-23(15-8-11-36(12-9-15)19-7-4-16(14-33-19)27(37)39-2)34-25(26-32-10-13-41-26)35-24(20)17-5-6-18(30)22(31)21(17)29/h4-7,10,13-15,24H,3,8-9,11-12H2,1-2H3,(H,34,35). The number of halogens is 3. The summed E-state index contributed by atoms with van der Waals surface area (Å²) in [6.07, 6.45) is 4.37. The number of rotatable bonds is 7. The second kappa shape index (κ2) is 12.3. The number of esters is 2. The molecule has 0 amide bonds. The first-order valence-corrected chi connectivity index (χ1v) is 14.2. The van der Waals surface area contributed by atoms with E-state index in [1.54, 1.807) is 30.6 Å². The molecule has 0 aliphatic carbocycles. The van der Waals surface area contributed by atoms with E-state index in [0.717, 1.165) is 6.07 Å². The molecule has 2 aromatic heterocycles. The SMILES string of the molecule is CCOC(=O)C1=C(C2CCN(c3ccc(C(=O)OC)cn3)CC2)NC(c2nccs2)=NC1c1ccc(F)c(F)c1Cl. The van der Waals surface area contributed by atoms with Gasteiger partial charge in [-0.3, -0.25) is 4.99 Å². The summed E-state index contributed by atoms with van der Waals surface area (Å²) < 4.78 is 38.7. The highest BCUT2D eigenvalue weighted by atomic mass is 35.5. The Morgan fingerprint density at radius 3 is 2.56 bits per heavy atom. The van der Waals surface area contributed by atoms with E-state index >= 15 is 0 Å². The minimum absolute atomic E-state index is 0.114. The lowest BCUT2D eigenvalue weighted by Gasteiger charge is -2.37. The number of thiazole rings is 1. The van der Waals surface area contributed by atoms with Crippen LogP contribution in [0.25, 0.3) is 0 Å². The zero-order chi connectivity index (χ0) is 29.1. The number of benzene rings is 1. The van der Waals surface area contributed by atoms with E-state index < -0.39 is 34.6 Å². The molecule has 3 aromatic rings. The van der Waals surface area contributed by atoms with Crippen LogP contribution in [0.5, 0.6) is 0 Å². The lowest BCUT2D eigenvalue weighted by atomic mass is 9.85. The largest absolute Gasteiger partial charge is 0.465 e. The van der Waals surface area contributed by atoms with Crippen LogP contribution in [0.2, 0.25) is 5.02 Å². The van der Waals surface area contributed by atoms with Crippen molar-refractivity contribution in [2.45, 2.75) is 25.8 Å². The Kier molecular flexibility index (Phi) is 8.60. The molecule has 0 saturated carbocycles. The summed E-state index contributed by atoms with van der Waals surface area (Å²) >= 11 is 7.62. The van der Waals surface area contributed by atoms with Crippen LogP contribution in [0.1, 0.15) is 46.7 Å². The third kappa shape index (κ3) is 5.80. The van der Waals surface area contributed by atoms with E-state index in [4.69, 9.17) is 26.1 Å². The van der Waals surface area contributed by atoms with Gasteiger partial charge in [0.2, 0.25) is 0 Å². The molecule has 1 atom stereocenters. The van der Waals surface area contributed by atoms with Crippen LogP contribution in [-0.4, -0.2) is 54.5 Å². The summed E-state index contributed by atoms with van der Waals surface area (Å²) in [7, 11) is 1.31. The third-order valence-electron chi connectivity index (χ3n) is 6.96. The second-order valence-corrected chi connectivity index (χ2v) is 10.6. The predicted octanol–water partition coefficient (Wildman–Crippen LogP) is 5.08. The topological polar surface area (TPSA) is 106 Å². The Morgan fingerprint density at radius 2 is 1.93 bits per heavy atom. The Hall–Kier alpha value is -3.90. The molecule has 0 spiro atoms. The van der Waals surface area contributed by atoms with Crippen molar-refractivity contribution >= 4 is 46.5 Å². The molecule has 1 unspecified atom stereocenters. The van der Waals surface area contributed by atoms with Gasteiger partial charge in [0, 0.05) is 48.0 Å². The summed E-state index contributed by atoms with van der Waals surface area (Å²) in [6, 6.07) is 4.69. The molecular formula is C28H26ClF2N5O4S.